The molecule has 8 heteroatoms. The van der Waals surface area contributed by atoms with E-state index in [1.54, 1.807) is 35.9 Å². The molecule has 1 aromatic carbocycles. The van der Waals surface area contributed by atoms with Crippen molar-refractivity contribution in [2.45, 2.75) is 42.9 Å². The first-order valence-electron chi connectivity index (χ1n) is 8.70. The minimum absolute atomic E-state index is 0.139. The summed E-state index contributed by atoms with van der Waals surface area (Å²) in [6.45, 7) is 1.87. The molecule has 1 aliphatic carbocycles. The number of benzene rings is 1. The second-order valence-corrected chi connectivity index (χ2v) is 9.70. The lowest BCUT2D eigenvalue weighted by Crippen LogP contribution is -2.22. The highest BCUT2D eigenvalue weighted by Gasteiger charge is 2.23. The molecule has 1 aliphatic rings. The highest BCUT2D eigenvalue weighted by molar-refractivity contribution is 8.00. The van der Waals surface area contributed by atoms with Crippen LogP contribution in [0.4, 0.5) is 5.69 Å². The van der Waals surface area contributed by atoms with E-state index in [9.17, 15) is 4.79 Å². The monoisotopic (exact) mass is 437 g/mol. The fourth-order valence-electron chi connectivity index (χ4n) is 3.20. The molecule has 0 saturated carbocycles. The van der Waals surface area contributed by atoms with Crippen molar-refractivity contribution < 1.29 is 4.79 Å². The number of thioether (sulfide) groups is 1. The third kappa shape index (κ3) is 3.94. The summed E-state index contributed by atoms with van der Waals surface area (Å²) in [6.07, 6.45) is 6.19. The van der Waals surface area contributed by atoms with Crippen LogP contribution in [0.5, 0.6) is 0 Å². The molecular weight excluding hydrogens is 421 g/mol. The van der Waals surface area contributed by atoms with Crippen LogP contribution in [0.3, 0.4) is 0 Å². The minimum atomic E-state index is -0.336. The van der Waals surface area contributed by atoms with Crippen molar-refractivity contribution in [2.75, 3.05) is 5.32 Å². The number of aromatic nitrogens is 2. The number of nitrogens with zero attached hydrogens (tertiary/aromatic N) is 2. The first kappa shape index (κ1) is 19.0. The Labute approximate surface area is 175 Å². The van der Waals surface area contributed by atoms with E-state index in [0.717, 1.165) is 28.1 Å². The van der Waals surface area contributed by atoms with Crippen LogP contribution in [-0.4, -0.2) is 21.1 Å². The van der Waals surface area contributed by atoms with Gasteiger partial charge in [-0.1, -0.05) is 35.0 Å². The number of thiophene rings is 1. The summed E-state index contributed by atoms with van der Waals surface area (Å²) in [7, 11) is 0. The first-order chi connectivity index (χ1) is 13.0. The summed E-state index contributed by atoms with van der Waals surface area (Å²) >= 11 is 15.4. The van der Waals surface area contributed by atoms with E-state index >= 15 is 0 Å². The van der Waals surface area contributed by atoms with Crippen molar-refractivity contribution in [1.82, 2.24) is 9.97 Å². The van der Waals surface area contributed by atoms with Gasteiger partial charge in [0.25, 0.3) is 0 Å². The molecule has 4 rings (SSSR count). The van der Waals surface area contributed by atoms with E-state index in [1.807, 2.05) is 6.92 Å². The van der Waals surface area contributed by atoms with E-state index < -0.39 is 0 Å². The highest BCUT2D eigenvalue weighted by atomic mass is 35.5. The summed E-state index contributed by atoms with van der Waals surface area (Å²) in [6, 6.07) is 5.01. The quantitative estimate of drug-likeness (QED) is 0.401. The van der Waals surface area contributed by atoms with Crippen LogP contribution in [0.25, 0.3) is 10.2 Å². The number of aryl methyl sites for hydroxylation is 2. The van der Waals surface area contributed by atoms with Gasteiger partial charge in [-0.25, -0.2) is 9.97 Å². The van der Waals surface area contributed by atoms with Crippen LogP contribution in [0.2, 0.25) is 10.0 Å². The van der Waals surface area contributed by atoms with Gasteiger partial charge in [-0.05, 0) is 56.4 Å². The Morgan fingerprint density at radius 1 is 1.26 bits per heavy atom. The molecule has 0 unspecified atom stereocenters. The maximum absolute atomic E-state index is 12.7. The number of halogens is 2. The number of amides is 1. The molecule has 140 valence electrons. The zero-order chi connectivity index (χ0) is 19.0. The molecule has 0 spiro atoms. The fourth-order valence-corrected chi connectivity index (χ4v) is 5.78. The molecule has 1 atom stereocenters. The Bertz CT molecular complexity index is 1020. The van der Waals surface area contributed by atoms with E-state index in [1.165, 1.54) is 35.0 Å². The lowest BCUT2D eigenvalue weighted by atomic mass is 9.97. The molecule has 2 aromatic heterocycles. The van der Waals surface area contributed by atoms with Crippen molar-refractivity contribution in [1.29, 1.82) is 0 Å². The summed E-state index contributed by atoms with van der Waals surface area (Å²) in [5.41, 5.74) is 1.89. The van der Waals surface area contributed by atoms with Gasteiger partial charge in [-0.3, -0.25) is 4.79 Å². The predicted octanol–water partition coefficient (Wildman–Crippen LogP) is 6.00. The average Bonchev–Trinajstić information content (AvgIpc) is 3.04. The van der Waals surface area contributed by atoms with Gasteiger partial charge in [0.15, 0.2) is 0 Å². The van der Waals surface area contributed by atoms with E-state index in [-0.39, 0.29) is 11.2 Å². The van der Waals surface area contributed by atoms with E-state index in [0.29, 0.717) is 15.7 Å². The molecule has 1 N–H and O–H groups in total. The Morgan fingerprint density at radius 3 is 2.93 bits per heavy atom. The van der Waals surface area contributed by atoms with Crippen molar-refractivity contribution >= 4 is 68.1 Å². The van der Waals surface area contributed by atoms with Gasteiger partial charge in [0.1, 0.15) is 16.2 Å². The number of anilines is 1. The maximum Gasteiger partial charge on any atom is 0.237 e. The van der Waals surface area contributed by atoms with Crippen molar-refractivity contribution in [2.24, 2.45) is 0 Å². The summed E-state index contributed by atoms with van der Waals surface area (Å²) < 4.78 is 0. The third-order valence-corrected chi connectivity index (χ3v) is 7.43. The number of rotatable bonds is 4. The summed E-state index contributed by atoms with van der Waals surface area (Å²) in [5, 5.41) is 5.51. The molecule has 0 bridgehead atoms. The van der Waals surface area contributed by atoms with Crippen LogP contribution in [0, 0.1) is 0 Å². The predicted molar refractivity (Wildman–Crippen MR) is 114 cm³/mol. The zero-order valence-electron chi connectivity index (χ0n) is 14.6. The topological polar surface area (TPSA) is 54.9 Å². The van der Waals surface area contributed by atoms with Crippen molar-refractivity contribution in [3.63, 3.8) is 0 Å². The van der Waals surface area contributed by atoms with Gasteiger partial charge in [-0.2, -0.15) is 0 Å². The maximum atomic E-state index is 12.7. The molecule has 1 amide bonds. The Balaban J connectivity index is 1.57. The minimum Gasteiger partial charge on any atom is -0.324 e. The number of fused-ring (bicyclic) bond motifs is 3. The van der Waals surface area contributed by atoms with Gasteiger partial charge in [0.2, 0.25) is 5.91 Å². The average molecular weight is 438 g/mol. The lowest BCUT2D eigenvalue weighted by Gasteiger charge is -2.14. The van der Waals surface area contributed by atoms with E-state index in [2.05, 4.69) is 15.3 Å². The number of carbonyl (C=O) groups excluding carboxylic acids is 1. The highest BCUT2D eigenvalue weighted by Crippen LogP contribution is 2.40. The van der Waals surface area contributed by atoms with Crippen molar-refractivity contribution in [3.8, 4) is 0 Å². The van der Waals surface area contributed by atoms with E-state index in [4.69, 9.17) is 23.2 Å². The lowest BCUT2D eigenvalue weighted by molar-refractivity contribution is -0.115. The number of nitrogens with one attached hydrogen (secondary N) is 1. The molecule has 27 heavy (non-hydrogen) atoms. The summed E-state index contributed by atoms with van der Waals surface area (Å²) in [5.74, 6) is -0.139. The van der Waals surface area contributed by atoms with Gasteiger partial charge in [0, 0.05) is 15.3 Å². The fraction of sp³-hybridized carbons (Fsp3) is 0.316. The molecule has 3 aromatic rings. The Kier molecular flexibility index (Phi) is 5.60. The Morgan fingerprint density at radius 2 is 2.07 bits per heavy atom. The first-order valence-corrected chi connectivity index (χ1v) is 11.2. The third-order valence-electron chi connectivity index (χ3n) is 4.56. The second kappa shape index (κ2) is 7.95. The normalized spacial score (nSPS) is 14.8. The molecule has 0 aliphatic heterocycles. The summed E-state index contributed by atoms with van der Waals surface area (Å²) in [4.78, 5) is 24.0. The number of hydrogen-bond acceptors (Lipinski definition) is 5. The molecular formula is C19H17Cl2N3OS2. The van der Waals surface area contributed by atoms with Gasteiger partial charge >= 0.3 is 0 Å². The number of carbonyl (C=O) groups is 1. The smallest absolute Gasteiger partial charge is 0.237 e. The van der Waals surface area contributed by atoms with Crippen LogP contribution in [0.15, 0.2) is 29.6 Å². The van der Waals surface area contributed by atoms with Crippen LogP contribution >= 0.6 is 46.3 Å². The standard InChI is InChI=1S/C19H17Cl2N3OS2/c1-10(17(25)24-14-8-11(20)6-7-13(14)21)26-18-16-12-4-2-3-5-15(12)27-19(16)23-9-22-18/h6-10H,2-5H2,1H3,(H,24,25)/t10-/m1/s1. The van der Waals surface area contributed by atoms with Gasteiger partial charge < -0.3 is 5.32 Å². The van der Waals surface area contributed by atoms with Crippen molar-refractivity contribution in [3.05, 3.63) is 45.0 Å². The van der Waals surface area contributed by atoms with Crippen LogP contribution in [-0.2, 0) is 17.6 Å². The van der Waals surface area contributed by atoms with Gasteiger partial charge in [-0.15, -0.1) is 11.3 Å². The van der Waals surface area contributed by atoms with Crippen LogP contribution < -0.4 is 5.32 Å². The molecule has 2 heterocycles. The SMILES string of the molecule is C[C@@H](Sc1ncnc2sc3c(c12)CCCC3)C(=O)Nc1cc(Cl)ccc1Cl. The number of hydrogen-bond donors (Lipinski definition) is 1. The van der Waals surface area contributed by atoms with Crippen LogP contribution in [0.1, 0.15) is 30.2 Å². The zero-order valence-corrected chi connectivity index (χ0v) is 17.7. The molecule has 0 fully saturated rings. The van der Waals surface area contributed by atoms with Gasteiger partial charge in [0.05, 0.1) is 16.0 Å². The molecule has 4 nitrogen and oxygen atoms in total. The molecule has 0 saturated heterocycles. The Hall–Kier alpha value is -1.34. The second-order valence-electron chi connectivity index (χ2n) is 6.44. The largest absolute Gasteiger partial charge is 0.324 e. The molecule has 0 radical (unpaired) electrons.